The summed E-state index contributed by atoms with van der Waals surface area (Å²) in [4.78, 5) is 2.51. The molecule has 3 heteroatoms. The molecular weight excluding hydrogens is 214 g/mol. The maximum absolute atomic E-state index is 5.63. The SMILES string of the molecule is COC1(OC)CC(C(C)(C)C)N(C(C)(C)C)C1. The minimum atomic E-state index is -0.439. The third-order valence-corrected chi connectivity index (χ3v) is 3.90. The van der Waals surface area contributed by atoms with Crippen molar-refractivity contribution in [3.63, 3.8) is 0 Å². The van der Waals surface area contributed by atoms with Crippen LogP contribution in [-0.2, 0) is 9.47 Å². The van der Waals surface area contributed by atoms with Crippen LogP contribution < -0.4 is 0 Å². The maximum atomic E-state index is 5.63. The quantitative estimate of drug-likeness (QED) is 0.696. The van der Waals surface area contributed by atoms with Gasteiger partial charge in [-0.15, -0.1) is 0 Å². The summed E-state index contributed by atoms with van der Waals surface area (Å²) in [5.74, 6) is -0.439. The van der Waals surface area contributed by atoms with Gasteiger partial charge in [-0.1, -0.05) is 20.8 Å². The molecule has 0 aromatic carbocycles. The van der Waals surface area contributed by atoms with Crippen LogP contribution in [0.25, 0.3) is 0 Å². The fourth-order valence-corrected chi connectivity index (χ4v) is 2.70. The van der Waals surface area contributed by atoms with Crippen LogP contribution in [0.5, 0.6) is 0 Å². The van der Waals surface area contributed by atoms with Gasteiger partial charge in [0.15, 0.2) is 5.79 Å². The first-order valence-corrected chi connectivity index (χ1v) is 6.43. The van der Waals surface area contributed by atoms with Gasteiger partial charge in [-0.25, -0.2) is 0 Å². The first-order chi connectivity index (χ1) is 7.56. The van der Waals surface area contributed by atoms with Crippen molar-refractivity contribution < 1.29 is 9.47 Å². The standard InChI is InChI=1S/C14H29NO2/c1-12(2,3)11-9-14(16-7,17-8)10-15(11)13(4,5)6/h11H,9-10H2,1-8H3. The Morgan fingerprint density at radius 2 is 1.47 bits per heavy atom. The summed E-state index contributed by atoms with van der Waals surface area (Å²) in [5, 5.41) is 0. The molecule has 0 aromatic heterocycles. The lowest BCUT2D eigenvalue weighted by Crippen LogP contribution is -2.50. The van der Waals surface area contributed by atoms with Crippen LogP contribution in [0.4, 0.5) is 0 Å². The molecule has 1 fully saturated rings. The minimum absolute atomic E-state index is 0.136. The average Bonchev–Trinajstić information content (AvgIpc) is 2.57. The molecule has 0 radical (unpaired) electrons. The van der Waals surface area contributed by atoms with Gasteiger partial charge in [0.05, 0.1) is 6.54 Å². The van der Waals surface area contributed by atoms with E-state index >= 15 is 0 Å². The Kier molecular flexibility index (Phi) is 3.98. The number of methoxy groups -OCH3 is 2. The highest BCUT2D eigenvalue weighted by Crippen LogP contribution is 2.42. The van der Waals surface area contributed by atoms with Crippen LogP contribution in [0.1, 0.15) is 48.0 Å². The summed E-state index contributed by atoms with van der Waals surface area (Å²) in [6, 6.07) is 0.474. The zero-order chi connectivity index (χ0) is 13.5. The molecule has 0 N–H and O–H groups in total. The van der Waals surface area contributed by atoms with Crippen LogP contribution in [0.2, 0.25) is 0 Å². The maximum Gasteiger partial charge on any atom is 0.181 e. The molecule has 1 aliphatic rings. The molecule has 3 nitrogen and oxygen atoms in total. The van der Waals surface area contributed by atoms with Gasteiger partial charge >= 0.3 is 0 Å². The molecule has 102 valence electrons. The van der Waals surface area contributed by atoms with E-state index in [1.165, 1.54) is 0 Å². The second-order valence-electron chi connectivity index (χ2n) is 7.20. The van der Waals surface area contributed by atoms with E-state index in [-0.39, 0.29) is 11.0 Å². The molecule has 1 aliphatic heterocycles. The van der Waals surface area contributed by atoms with Gasteiger partial charge in [0.1, 0.15) is 0 Å². The number of hydrogen-bond donors (Lipinski definition) is 0. The summed E-state index contributed by atoms with van der Waals surface area (Å²) < 4.78 is 11.3. The lowest BCUT2D eigenvalue weighted by Gasteiger charge is -2.42. The Hall–Kier alpha value is -0.120. The van der Waals surface area contributed by atoms with Crippen LogP contribution in [-0.4, -0.2) is 43.0 Å². The second kappa shape index (κ2) is 4.52. The summed E-state index contributed by atoms with van der Waals surface area (Å²) in [7, 11) is 3.49. The largest absolute Gasteiger partial charge is 0.352 e. The second-order valence-corrected chi connectivity index (χ2v) is 7.20. The molecule has 0 saturated carbocycles. The van der Waals surface area contributed by atoms with Crippen molar-refractivity contribution in [3.8, 4) is 0 Å². The number of ether oxygens (including phenoxy) is 2. The monoisotopic (exact) mass is 243 g/mol. The van der Waals surface area contributed by atoms with Crippen molar-refractivity contribution in [3.05, 3.63) is 0 Å². The van der Waals surface area contributed by atoms with Gasteiger partial charge in [-0.05, 0) is 26.2 Å². The lowest BCUT2D eigenvalue weighted by atomic mass is 9.83. The van der Waals surface area contributed by atoms with Gasteiger partial charge in [0, 0.05) is 32.2 Å². The molecular formula is C14H29NO2. The first-order valence-electron chi connectivity index (χ1n) is 6.43. The Balaban J connectivity index is 3.03. The van der Waals surface area contributed by atoms with Crippen LogP contribution in [0.3, 0.4) is 0 Å². The van der Waals surface area contributed by atoms with Crippen molar-refractivity contribution in [2.75, 3.05) is 20.8 Å². The van der Waals surface area contributed by atoms with E-state index in [2.05, 4.69) is 46.4 Å². The van der Waals surface area contributed by atoms with Crippen molar-refractivity contribution >= 4 is 0 Å². The first kappa shape index (κ1) is 14.9. The summed E-state index contributed by atoms with van der Waals surface area (Å²) in [6.45, 7) is 14.5. The third kappa shape index (κ3) is 3.01. The van der Waals surface area contributed by atoms with Crippen molar-refractivity contribution in [1.82, 2.24) is 4.90 Å². The summed E-state index contributed by atoms with van der Waals surface area (Å²) in [6.07, 6.45) is 0.931. The number of likely N-dealkylation sites (tertiary alicyclic amines) is 1. The zero-order valence-corrected chi connectivity index (χ0v) is 12.8. The predicted octanol–water partition coefficient (Wildman–Crippen LogP) is 2.89. The van der Waals surface area contributed by atoms with E-state index in [0.717, 1.165) is 13.0 Å². The fourth-order valence-electron chi connectivity index (χ4n) is 2.70. The van der Waals surface area contributed by atoms with E-state index in [1.807, 2.05) is 0 Å². The average molecular weight is 243 g/mol. The molecule has 0 amide bonds. The van der Waals surface area contributed by atoms with E-state index < -0.39 is 5.79 Å². The van der Waals surface area contributed by atoms with Crippen LogP contribution >= 0.6 is 0 Å². The predicted molar refractivity (Wildman–Crippen MR) is 71.1 cm³/mol. The Labute approximate surface area is 106 Å². The molecule has 1 heterocycles. The molecule has 0 bridgehead atoms. The van der Waals surface area contributed by atoms with Gasteiger partial charge in [-0.3, -0.25) is 4.90 Å². The molecule has 0 aromatic rings. The molecule has 1 unspecified atom stereocenters. The number of nitrogens with zero attached hydrogens (tertiary/aromatic N) is 1. The van der Waals surface area contributed by atoms with Gasteiger partial charge in [0.2, 0.25) is 0 Å². The zero-order valence-electron chi connectivity index (χ0n) is 12.8. The van der Waals surface area contributed by atoms with Crippen LogP contribution in [0, 0.1) is 5.41 Å². The molecule has 0 aliphatic carbocycles. The summed E-state index contributed by atoms with van der Waals surface area (Å²) >= 11 is 0. The molecule has 1 rings (SSSR count). The van der Waals surface area contributed by atoms with Crippen molar-refractivity contribution in [1.29, 1.82) is 0 Å². The molecule has 1 saturated heterocycles. The topological polar surface area (TPSA) is 21.7 Å². The van der Waals surface area contributed by atoms with E-state index in [4.69, 9.17) is 9.47 Å². The Morgan fingerprint density at radius 3 is 1.71 bits per heavy atom. The van der Waals surface area contributed by atoms with Crippen LogP contribution in [0.15, 0.2) is 0 Å². The van der Waals surface area contributed by atoms with Gasteiger partial charge < -0.3 is 9.47 Å². The Morgan fingerprint density at radius 1 is 1.00 bits per heavy atom. The van der Waals surface area contributed by atoms with E-state index in [1.54, 1.807) is 14.2 Å². The third-order valence-electron chi connectivity index (χ3n) is 3.90. The molecule has 17 heavy (non-hydrogen) atoms. The number of hydrogen-bond acceptors (Lipinski definition) is 3. The van der Waals surface area contributed by atoms with Gasteiger partial charge in [0.25, 0.3) is 0 Å². The normalized spacial score (nSPS) is 26.5. The van der Waals surface area contributed by atoms with E-state index in [0.29, 0.717) is 6.04 Å². The minimum Gasteiger partial charge on any atom is -0.352 e. The van der Waals surface area contributed by atoms with E-state index in [9.17, 15) is 0 Å². The Bertz CT molecular complexity index is 234. The molecule has 1 atom stereocenters. The summed E-state index contributed by atoms with van der Waals surface area (Å²) in [5.41, 5.74) is 0.364. The fraction of sp³-hybridized carbons (Fsp3) is 1.00. The van der Waals surface area contributed by atoms with Crippen molar-refractivity contribution in [2.45, 2.75) is 65.3 Å². The highest BCUT2D eigenvalue weighted by Gasteiger charge is 2.51. The highest BCUT2D eigenvalue weighted by atomic mass is 16.7. The smallest absolute Gasteiger partial charge is 0.181 e. The lowest BCUT2D eigenvalue weighted by molar-refractivity contribution is -0.198. The van der Waals surface area contributed by atoms with Crippen molar-refractivity contribution in [2.24, 2.45) is 5.41 Å². The number of rotatable bonds is 2. The van der Waals surface area contributed by atoms with Gasteiger partial charge in [-0.2, -0.15) is 0 Å². The molecule has 0 spiro atoms. The highest BCUT2D eigenvalue weighted by molar-refractivity contribution is 5.01.